The van der Waals surface area contributed by atoms with Crippen molar-refractivity contribution in [2.75, 3.05) is 19.7 Å². The fourth-order valence-corrected chi connectivity index (χ4v) is 2.45. The molecule has 3 heterocycles. The molecule has 0 bridgehead atoms. The first-order chi connectivity index (χ1) is 9.70. The Morgan fingerprint density at radius 3 is 3.00 bits per heavy atom. The van der Waals surface area contributed by atoms with Gasteiger partial charge in [0.15, 0.2) is 0 Å². The van der Waals surface area contributed by atoms with Crippen LogP contribution in [0.25, 0.3) is 0 Å². The molecule has 1 atom stereocenters. The van der Waals surface area contributed by atoms with Crippen LogP contribution in [0.2, 0.25) is 0 Å². The van der Waals surface area contributed by atoms with E-state index in [9.17, 15) is 0 Å². The standard InChI is InChI=1S/C14H20N4O2/c1-11-12(2)20-14(16-11)10-17-6-7-19-13(8-17)9-18-5-3-4-15-18/h3-5,13H,6-10H2,1-2H3/t13-/m0/s1. The minimum atomic E-state index is 0.167. The molecule has 1 aliphatic rings. The van der Waals surface area contributed by atoms with Gasteiger partial charge in [-0.3, -0.25) is 9.58 Å². The number of rotatable bonds is 4. The molecule has 0 unspecified atom stereocenters. The van der Waals surface area contributed by atoms with Crippen molar-refractivity contribution in [1.29, 1.82) is 0 Å². The fraction of sp³-hybridized carbons (Fsp3) is 0.571. The van der Waals surface area contributed by atoms with Crippen LogP contribution in [0.5, 0.6) is 0 Å². The molecule has 0 amide bonds. The second-order valence-electron chi connectivity index (χ2n) is 5.21. The maximum Gasteiger partial charge on any atom is 0.208 e. The molecule has 2 aromatic rings. The third-order valence-electron chi connectivity index (χ3n) is 3.60. The van der Waals surface area contributed by atoms with Gasteiger partial charge in [0.25, 0.3) is 0 Å². The first-order valence-electron chi connectivity index (χ1n) is 6.95. The van der Waals surface area contributed by atoms with Gasteiger partial charge in [0.1, 0.15) is 5.76 Å². The normalized spacial score (nSPS) is 20.4. The van der Waals surface area contributed by atoms with Crippen molar-refractivity contribution in [3.63, 3.8) is 0 Å². The summed E-state index contributed by atoms with van der Waals surface area (Å²) in [4.78, 5) is 6.76. The van der Waals surface area contributed by atoms with Gasteiger partial charge in [-0.05, 0) is 19.9 Å². The quantitative estimate of drug-likeness (QED) is 0.844. The Bertz CT molecular complexity index is 530. The minimum Gasteiger partial charge on any atom is -0.444 e. The van der Waals surface area contributed by atoms with E-state index in [0.29, 0.717) is 0 Å². The zero-order valence-electron chi connectivity index (χ0n) is 12.0. The van der Waals surface area contributed by atoms with Gasteiger partial charge in [0.2, 0.25) is 5.89 Å². The van der Waals surface area contributed by atoms with Gasteiger partial charge in [-0.2, -0.15) is 5.10 Å². The summed E-state index contributed by atoms with van der Waals surface area (Å²) in [7, 11) is 0. The number of aryl methyl sites for hydroxylation is 2. The summed E-state index contributed by atoms with van der Waals surface area (Å²) in [5, 5.41) is 4.22. The number of hydrogen-bond donors (Lipinski definition) is 0. The van der Waals surface area contributed by atoms with Crippen LogP contribution >= 0.6 is 0 Å². The molecule has 6 nitrogen and oxygen atoms in total. The van der Waals surface area contributed by atoms with E-state index >= 15 is 0 Å². The molecule has 0 saturated carbocycles. The highest BCUT2D eigenvalue weighted by atomic mass is 16.5. The number of oxazole rings is 1. The molecule has 0 radical (unpaired) electrons. The minimum absolute atomic E-state index is 0.167. The van der Waals surface area contributed by atoms with Crippen molar-refractivity contribution >= 4 is 0 Å². The molecule has 0 N–H and O–H groups in total. The number of nitrogens with zero attached hydrogens (tertiary/aromatic N) is 4. The Labute approximate surface area is 118 Å². The lowest BCUT2D eigenvalue weighted by molar-refractivity contribution is -0.0423. The average Bonchev–Trinajstić information content (AvgIpc) is 3.01. The summed E-state index contributed by atoms with van der Waals surface area (Å²) < 4.78 is 13.4. The molecule has 20 heavy (non-hydrogen) atoms. The summed E-state index contributed by atoms with van der Waals surface area (Å²) in [5.41, 5.74) is 0.973. The Morgan fingerprint density at radius 2 is 2.30 bits per heavy atom. The largest absolute Gasteiger partial charge is 0.444 e. The summed E-state index contributed by atoms with van der Waals surface area (Å²) in [6, 6.07) is 1.93. The van der Waals surface area contributed by atoms with E-state index in [1.54, 1.807) is 6.20 Å². The van der Waals surface area contributed by atoms with Crippen LogP contribution in [0.3, 0.4) is 0 Å². The Balaban J connectivity index is 1.57. The zero-order valence-corrected chi connectivity index (χ0v) is 12.0. The van der Waals surface area contributed by atoms with Gasteiger partial charge in [0, 0.05) is 25.5 Å². The van der Waals surface area contributed by atoms with Gasteiger partial charge in [0.05, 0.1) is 31.5 Å². The third-order valence-corrected chi connectivity index (χ3v) is 3.60. The fourth-order valence-electron chi connectivity index (χ4n) is 2.45. The SMILES string of the molecule is Cc1nc(CN2CCO[C@H](Cn3cccn3)C2)oc1C. The van der Waals surface area contributed by atoms with Gasteiger partial charge < -0.3 is 9.15 Å². The van der Waals surface area contributed by atoms with Crippen molar-refractivity contribution in [2.24, 2.45) is 0 Å². The molecule has 0 aromatic carbocycles. The highest BCUT2D eigenvalue weighted by molar-refractivity contribution is 5.05. The van der Waals surface area contributed by atoms with E-state index in [1.165, 1.54) is 0 Å². The van der Waals surface area contributed by atoms with E-state index in [4.69, 9.17) is 9.15 Å². The third kappa shape index (κ3) is 3.08. The summed E-state index contributed by atoms with van der Waals surface area (Å²) >= 11 is 0. The summed E-state index contributed by atoms with van der Waals surface area (Å²) in [6.07, 6.45) is 3.92. The molecule has 6 heteroatoms. The molecular formula is C14H20N4O2. The highest BCUT2D eigenvalue weighted by Gasteiger charge is 2.22. The number of morpholine rings is 1. The molecule has 1 aliphatic heterocycles. The molecule has 1 fully saturated rings. The van der Waals surface area contributed by atoms with Crippen LogP contribution in [0.15, 0.2) is 22.9 Å². The Morgan fingerprint density at radius 1 is 1.40 bits per heavy atom. The molecule has 0 aliphatic carbocycles. The van der Waals surface area contributed by atoms with E-state index in [2.05, 4.69) is 15.0 Å². The van der Waals surface area contributed by atoms with Crippen LogP contribution in [-0.2, 0) is 17.8 Å². The molecule has 3 rings (SSSR count). The Kier molecular flexibility index (Phi) is 3.84. The van der Waals surface area contributed by atoms with Gasteiger partial charge >= 0.3 is 0 Å². The topological polar surface area (TPSA) is 56.3 Å². The molecule has 0 spiro atoms. The molecule has 2 aromatic heterocycles. The maximum atomic E-state index is 5.79. The van der Waals surface area contributed by atoms with Gasteiger partial charge in [-0.15, -0.1) is 0 Å². The first-order valence-corrected chi connectivity index (χ1v) is 6.95. The predicted molar refractivity (Wildman–Crippen MR) is 73.2 cm³/mol. The van der Waals surface area contributed by atoms with E-state index in [-0.39, 0.29) is 6.10 Å². The van der Waals surface area contributed by atoms with E-state index < -0.39 is 0 Å². The van der Waals surface area contributed by atoms with E-state index in [0.717, 1.165) is 50.1 Å². The summed E-state index contributed by atoms with van der Waals surface area (Å²) in [6.45, 7) is 7.98. The van der Waals surface area contributed by atoms with Crippen LogP contribution in [0.4, 0.5) is 0 Å². The van der Waals surface area contributed by atoms with Crippen LogP contribution in [-0.4, -0.2) is 45.5 Å². The second kappa shape index (κ2) is 5.76. The number of aromatic nitrogens is 3. The van der Waals surface area contributed by atoms with Crippen molar-refractivity contribution in [3.8, 4) is 0 Å². The predicted octanol–water partition coefficient (Wildman–Crippen LogP) is 1.39. The van der Waals surface area contributed by atoms with Crippen LogP contribution in [0.1, 0.15) is 17.3 Å². The lowest BCUT2D eigenvalue weighted by atomic mass is 10.2. The first kappa shape index (κ1) is 13.3. The van der Waals surface area contributed by atoms with Crippen LogP contribution in [0, 0.1) is 13.8 Å². The van der Waals surface area contributed by atoms with Crippen molar-refractivity contribution < 1.29 is 9.15 Å². The molecule has 1 saturated heterocycles. The van der Waals surface area contributed by atoms with Crippen molar-refractivity contribution in [2.45, 2.75) is 33.0 Å². The number of ether oxygens (including phenoxy) is 1. The lowest BCUT2D eigenvalue weighted by Crippen LogP contribution is -2.43. The average molecular weight is 276 g/mol. The van der Waals surface area contributed by atoms with Crippen LogP contribution < -0.4 is 0 Å². The van der Waals surface area contributed by atoms with Gasteiger partial charge in [-0.1, -0.05) is 0 Å². The highest BCUT2D eigenvalue weighted by Crippen LogP contribution is 2.14. The zero-order chi connectivity index (χ0) is 13.9. The van der Waals surface area contributed by atoms with Crippen molar-refractivity contribution in [1.82, 2.24) is 19.7 Å². The van der Waals surface area contributed by atoms with E-state index in [1.807, 2.05) is 30.8 Å². The van der Waals surface area contributed by atoms with Gasteiger partial charge in [-0.25, -0.2) is 4.98 Å². The monoisotopic (exact) mass is 276 g/mol. The van der Waals surface area contributed by atoms with Crippen molar-refractivity contribution in [3.05, 3.63) is 35.8 Å². The molecular weight excluding hydrogens is 256 g/mol. The lowest BCUT2D eigenvalue weighted by Gasteiger charge is -2.31. The summed E-state index contributed by atoms with van der Waals surface area (Å²) in [5.74, 6) is 1.70. The molecule has 108 valence electrons. The second-order valence-corrected chi connectivity index (χ2v) is 5.21. The maximum absolute atomic E-state index is 5.79. The smallest absolute Gasteiger partial charge is 0.208 e. The Hall–Kier alpha value is -1.66. The number of hydrogen-bond acceptors (Lipinski definition) is 5.